The van der Waals surface area contributed by atoms with Crippen LogP contribution in [0.1, 0.15) is 380 Å². The fraction of sp³-hybridized carbons (Fsp3) is 0.893. The van der Waals surface area contributed by atoms with Gasteiger partial charge in [0.25, 0.3) is 0 Å². The largest absolute Gasteiger partial charge is 0.472 e. The Balaban J connectivity index is 4.94. The van der Waals surface area contributed by atoms with Gasteiger partial charge in [-0.25, -0.2) is 4.57 Å². The normalized spacial score (nSPS) is 13.6. The first-order chi connectivity index (χ1) is 41.4. The topological polar surface area (TPSA) is 111 Å². The van der Waals surface area contributed by atoms with E-state index in [1.807, 2.05) is 33.3 Å². The average molecular weight is 1220 g/mol. The molecule has 502 valence electrons. The smallest absolute Gasteiger partial charge is 0.456 e. The second-order valence-corrected chi connectivity index (χ2v) is 28.3. The molecule has 3 unspecified atom stereocenters. The van der Waals surface area contributed by atoms with E-state index < -0.39 is 20.0 Å². The molecule has 0 aromatic carbocycles. The number of nitrogens with one attached hydrogen (secondary N) is 1. The molecule has 0 spiro atoms. The lowest BCUT2D eigenvalue weighted by atomic mass is 10.0. The van der Waals surface area contributed by atoms with Gasteiger partial charge in [0.05, 0.1) is 33.8 Å². The standard InChI is InChI=1S/C75H145N2O7P/c1-7-10-13-16-19-22-25-27-29-31-33-35-37-38-40-41-43-45-47-49-52-55-58-61-64-67-74(78)76-72(71-83-85(80,81)82-70-69-77(4,5)6)73(66-63-60-57-54-51-24-21-18-15-12-9-3)84-75(79)68-65-62-59-56-53-50-48-46-44-42-39-36-34-32-30-28-26-23-20-17-14-11-8-2/h27-30,63,66,72-73H,7-26,31-62,64-65,67-71H2,1-6H3,(H-,76,78,80,81)/p+1/b29-27+,30-28+,66-63+. The molecule has 10 heteroatoms. The molecule has 3 atom stereocenters. The second-order valence-electron chi connectivity index (χ2n) is 26.8. The fourth-order valence-electron chi connectivity index (χ4n) is 11.3. The summed E-state index contributed by atoms with van der Waals surface area (Å²) < 4.78 is 30.9. The Labute approximate surface area is 529 Å². The Hall–Kier alpha value is -1.77. The van der Waals surface area contributed by atoms with Crippen molar-refractivity contribution in [3.05, 3.63) is 36.5 Å². The molecular formula is C75H146N2O7P+. The van der Waals surface area contributed by atoms with Gasteiger partial charge in [-0.2, -0.15) is 0 Å². The van der Waals surface area contributed by atoms with Gasteiger partial charge in [0.1, 0.15) is 19.3 Å². The van der Waals surface area contributed by atoms with Crippen LogP contribution in [0, 0.1) is 0 Å². The lowest BCUT2D eigenvalue weighted by Gasteiger charge is -2.27. The van der Waals surface area contributed by atoms with Crippen molar-refractivity contribution in [1.29, 1.82) is 0 Å². The van der Waals surface area contributed by atoms with Gasteiger partial charge in [0, 0.05) is 12.8 Å². The Bertz CT molecular complexity index is 1550. The number of esters is 1. The van der Waals surface area contributed by atoms with E-state index in [0.717, 1.165) is 57.8 Å². The third kappa shape index (κ3) is 66.5. The third-order valence-electron chi connectivity index (χ3n) is 17.1. The predicted octanol–water partition coefficient (Wildman–Crippen LogP) is 23.8. The van der Waals surface area contributed by atoms with Crippen molar-refractivity contribution in [2.75, 3.05) is 40.9 Å². The Morgan fingerprint density at radius 1 is 0.400 bits per heavy atom. The lowest BCUT2D eigenvalue weighted by molar-refractivity contribution is -0.870. The molecule has 0 rings (SSSR count). The number of unbranched alkanes of at least 4 members (excludes halogenated alkanes) is 49. The quantitative estimate of drug-likeness (QED) is 0.0205. The molecule has 2 N–H and O–H groups in total. The van der Waals surface area contributed by atoms with Crippen LogP contribution in [0.4, 0.5) is 0 Å². The number of likely N-dealkylation sites (N-methyl/N-ethyl adjacent to an activating group) is 1. The molecule has 0 aromatic heterocycles. The van der Waals surface area contributed by atoms with Gasteiger partial charge in [-0.05, 0) is 83.1 Å². The highest BCUT2D eigenvalue weighted by atomic mass is 31.2. The van der Waals surface area contributed by atoms with E-state index in [2.05, 4.69) is 50.4 Å². The van der Waals surface area contributed by atoms with Crippen molar-refractivity contribution in [2.45, 2.75) is 392 Å². The third-order valence-corrected chi connectivity index (χ3v) is 18.0. The zero-order valence-electron chi connectivity index (χ0n) is 57.6. The number of phosphoric ester groups is 1. The summed E-state index contributed by atoms with van der Waals surface area (Å²) in [6, 6.07) is -0.845. The SMILES string of the molecule is CCCCCCCC/C=C/CCCCCCCCCCCCCCCCCC(=O)NC(COP(=O)(O)OCC[N+](C)(C)C)C(/C=C/CCCCCCCCCCC)OC(=O)CCCCCCCCCCCCCCC/C=C/CCCCCCCC. The van der Waals surface area contributed by atoms with Crippen LogP contribution in [0.2, 0.25) is 0 Å². The van der Waals surface area contributed by atoms with Gasteiger partial charge in [-0.1, -0.05) is 321 Å². The van der Waals surface area contributed by atoms with Crippen LogP contribution in [0.5, 0.6) is 0 Å². The summed E-state index contributed by atoms with van der Waals surface area (Å²) >= 11 is 0. The molecular weight excluding hydrogens is 1070 g/mol. The van der Waals surface area contributed by atoms with Crippen molar-refractivity contribution in [2.24, 2.45) is 0 Å². The number of ether oxygens (including phenoxy) is 1. The number of carbonyl (C=O) groups excluding carboxylic acids is 2. The molecule has 0 aliphatic rings. The number of quaternary nitrogens is 1. The van der Waals surface area contributed by atoms with Crippen molar-refractivity contribution in [1.82, 2.24) is 5.32 Å². The number of hydrogen-bond donors (Lipinski definition) is 2. The summed E-state index contributed by atoms with van der Waals surface area (Å²) in [4.78, 5) is 37.9. The summed E-state index contributed by atoms with van der Waals surface area (Å²) in [6.07, 6.45) is 81.7. The van der Waals surface area contributed by atoms with Gasteiger partial charge < -0.3 is 19.4 Å². The fourth-order valence-corrected chi connectivity index (χ4v) is 12.0. The monoisotopic (exact) mass is 1220 g/mol. The first-order valence-electron chi connectivity index (χ1n) is 37.3. The van der Waals surface area contributed by atoms with Gasteiger partial charge in [-0.3, -0.25) is 18.6 Å². The molecule has 0 saturated carbocycles. The second kappa shape index (κ2) is 65.2. The molecule has 0 aliphatic carbocycles. The Kier molecular flexibility index (Phi) is 63.8. The molecule has 0 bridgehead atoms. The first kappa shape index (κ1) is 83.2. The van der Waals surface area contributed by atoms with Crippen LogP contribution < -0.4 is 5.32 Å². The number of phosphoric acid groups is 1. The zero-order valence-corrected chi connectivity index (χ0v) is 58.5. The van der Waals surface area contributed by atoms with Crippen LogP contribution in [-0.4, -0.2) is 74.3 Å². The number of carbonyl (C=O) groups is 2. The Morgan fingerprint density at radius 3 is 1.00 bits per heavy atom. The molecule has 1 amide bonds. The van der Waals surface area contributed by atoms with E-state index >= 15 is 0 Å². The van der Waals surface area contributed by atoms with Crippen molar-refractivity contribution in [3.63, 3.8) is 0 Å². The first-order valence-corrected chi connectivity index (χ1v) is 38.8. The maximum atomic E-state index is 13.6. The van der Waals surface area contributed by atoms with E-state index in [1.54, 1.807) is 0 Å². The summed E-state index contributed by atoms with van der Waals surface area (Å²) in [5.41, 5.74) is 0. The van der Waals surface area contributed by atoms with Crippen LogP contribution >= 0.6 is 7.82 Å². The Morgan fingerprint density at radius 2 is 0.682 bits per heavy atom. The minimum atomic E-state index is -4.45. The van der Waals surface area contributed by atoms with Crippen LogP contribution in [0.3, 0.4) is 0 Å². The molecule has 0 fully saturated rings. The van der Waals surface area contributed by atoms with Gasteiger partial charge in [0.15, 0.2) is 0 Å². The molecule has 0 saturated heterocycles. The number of rotatable bonds is 69. The number of nitrogens with zero attached hydrogens (tertiary/aromatic N) is 1. The van der Waals surface area contributed by atoms with Gasteiger partial charge in [-0.15, -0.1) is 0 Å². The van der Waals surface area contributed by atoms with E-state index in [1.165, 1.54) is 289 Å². The van der Waals surface area contributed by atoms with Gasteiger partial charge >= 0.3 is 13.8 Å². The summed E-state index contributed by atoms with van der Waals surface area (Å²) in [5.74, 6) is -0.485. The maximum absolute atomic E-state index is 13.6. The van der Waals surface area contributed by atoms with Crippen LogP contribution in [-0.2, 0) is 27.9 Å². The number of hydrogen-bond acceptors (Lipinski definition) is 6. The average Bonchev–Trinajstić information content (AvgIpc) is 3.64. The molecule has 0 aromatic rings. The highest BCUT2D eigenvalue weighted by Gasteiger charge is 2.30. The molecule has 85 heavy (non-hydrogen) atoms. The highest BCUT2D eigenvalue weighted by molar-refractivity contribution is 7.47. The minimum Gasteiger partial charge on any atom is -0.456 e. The summed E-state index contributed by atoms with van der Waals surface area (Å²) in [5, 5.41) is 3.08. The molecule has 9 nitrogen and oxygen atoms in total. The van der Waals surface area contributed by atoms with Gasteiger partial charge in [0.2, 0.25) is 5.91 Å². The van der Waals surface area contributed by atoms with E-state index in [-0.39, 0.29) is 25.1 Å². The van der Waals surface area contributed by atoms with Crippen LogP contribution in [0.15, 0.2) is 36.5 Å². The van der Waals surface area contributed by atoms with E-state index in [0.29, 0.717) is 23.9 Å². The molecule has 0 aliphatic heterocycles. The number of allylic oxidation sites excluding steroid dienone is 5. The minimum absolute atomic E-state index is 0.0432. The van der Waals surface area contributed by atoms with Crippen LogP contribution in [0.25, 0.3) is 0 Å². The molecule has 0 heterocycles. The lowest BCUT2D eigenvalue weighted by Crippen LogP contribution is -2.47. The zero-order chi connectivity index (χ0) is 62.1. The van der Waals surface area contributed by atoms with Crippen molar-refractivity contribution < 1.29 is 37.3 Å². The highest BCUT2D eigenvalue weighted by Crippen LogP contribution is 2.43. The van der Waals surface area contributed by atoms with E-state index in [4.69, 9.17) is 13.8 Å². The van der Waals surface area contributed by atoms with Crippen molar-refractivity contribution >= 4 is 19.7 Å². The summed E-state index contributed by atoms with van der Waals surface area (Å²) in [7, 11) is 1.51. The number of amides is 1. The van der Waals surface area contributed by atoms with Crippen molar-refractivity contribution in [3.8, 4) is 0 Å². The summed E-state index contributed by atoms with van der Waals surface area (Å²) in [6.45, 7) is 7.06. The predicted molar refractivity (Wildman–Crippen MR) is 369 cm³/mol. The maximum Gasteiger partial charge on any atom is 0.472 e. The molecule has 0 radical (unpaired) electrons. The van der Waals surface area contributed by atoms with E-state index in [9.17, 15) is 19.0 Å².